The Hall–Kier alpha value is -2.17. The minimum atomic E-state index is -1.47. The van der Waals surface area contributed by atoms with Crippen LogP contribution in [0.15, 0.2) is 48.6 Å². The maximum Gasteiger partial charge on any atom is 0.379 e. The van der Waals surface area contributed by atoms with Crippen molar-refractivity contribution in [2.75, 3.05) is 0 Å². The lowest BCUT2D eigenvalue weighted by Crippen LogP contribution is -2.28. The SMILES string of the molecule is CCCCC/C=C/C/C=C/C/C=C/C/C=C/CCCCC(C(=O)O)[N+](=O)[O-]. The Morgan fingerprint density at radius 1 is 0.852 bits per heavy atom. The zero-order chi connectivity index (χ0) is 20.2. The number of allylic oxidation sites excluding steroid dienone is 8. The van der Waals surface area contributed by atoms with Crippen LogP contribution in [0.4, 0.5) is 0 Å². The van der Waals surface area contributed by atoms with E-state index in [1.54, 1.807) is 0 Å². The molecule has 0 rings (SSSR count). The van der Waals surface area contributed by atoms with Gasteiger partial charge in [0, 0.05) is 11.3 Å². The Morgan fingerprint density at radius 3 is 1.70 bits per heavy atom. The van der Waals surface area contributed by atoms with Crippen molar-refractivity contribution in [1.29, 1.82) is 0 Å². The highest BCUT2D eigenvalue weighted by Crippen LogP contribution is 2.07. The Kier molecular flexibility index (Phi) is 17.1. The highest BCUT2D eigenvalue weighted by atomic mass is 16.6. The number of nitro groups is 1. The molecule has 0 saturated heterocycles. The molecule has 1 unspecified atom stereocenters. The number of carboxylic acid groups (broad SMARTS) is 1. The molecule has 5 heteroatoms. The number of unbranched alkanes of at least 4 members (excludes halogenated alkanes) is 5. The molecular weight excluding hydrogens is 342 g/mol. The Morgan fingerprint density at radius 2 is 1.30 bits per heavy atom. The molecule has 0 aliphatic heterocycles. The molecule has 0 fully saturated rings. The number of rotatable bonds is 17. The average Bonchev–Trinajstić information content (AvgIpc) is 2.63. The van der Waals surface area contributed by atoms with Crippen molar-refractivity contribution in [3.8, 4) is 0 Å². The molecule has 0 radical (unpaired) electrons. The highest BCUT2D eigenvalue weighted by molar-refractivity contribution is 5.71. The van der Waals surface area contributed by atoms with E-state index in [4.69, 9.17) is 5.11 Å². The van der Waals surface area contributed by atoms with Gasteiger partial charge < -0.3 is 5.11 Å². The molecule has 1 atom stereocenters. The second kappa shape index (κ2) is 18.6. The first kappa shape index (κ1) is 24.8. The van der Waals surface area contributed by atoms with Crippen molar-refractivity contribution in [3.63, 3.8) is 0 Å². The summed E-state index contributed by atoms with van der Waals surface area (Å²) in [5.41, 5.74) is 0. The Bertz CT molecular complexity index is 492. The van der Waals surface area contributed by atoms with Crippen LogP contribution < -0.4 is 0 Å². The zero-order valence-electron chi connectivity index (χ0n) is 16.6. The summed E-state index contributed by atoms with van der Waals surface area (Å²) in [6, 6.07) is -1.47. The lowest BCUT2D eigenvalue weighted by atomic mass is 10.1. The van der Waals surface area contributed by atoms with Crippen LogP contribution in [0.3, 0.4) is 0 Å². The van der Waals surface area contributed by atoms with E-state index in [1.165, 1.54) is 25.7 Å². The Balaban J connectivity index is 3.59. The molecule has 0 aromatic rings. The number of nitrogens with zero attached hydrogens (tertiary/aromatic N) is 1. The molecule has 0 spiro atoms. The van der Waals surface area contributed by atoms with Crippen LogP contribution in [0, 0.1) is 10.1 Å². The third kappa shape index (κ3) is 17.0. The average molecular weight is 378 g/mol. The van der Waals surface area contributed by atoms with Gasteiger partial charge in [-0.2, -0.15) is 0 Å². The number of hydrogen-bond donors (Lipinski definition) is 1. The van der Waals surface area contributed by atoms with Crippen LogP contribution in [-0.2, 0) is 4.79 Å². The number of hydrogen-bond acceptors (Lipinski definition) is 3. The van der Waals surface area contributed by atoms with Gasteiger partial charge >= 0.3 is 12.0 Å². The second-order valence-corrected chi connectivity index (χ2v) is 6.51. The standard InChI is InChI=1S/C22H35NO4/c1-2-3-4-5-6-7-8-9-10-11-12-13-14-15-16-17-18-19-20-21(22(24)25)23(26)27/h6-7,9-10,12-13,15-16,21H,2-5,8,11,14,17-20H2,1H3,(H,24,25)/b7-6+,10-9+,13-12+,16-15+. The molecule has 0 heterocycles. The van der Waals surface area contributed by atoms with Crippen molar-refractivity contribution in [2.45, 2.75) is 83.6 Å². The summed E-state index contributed by atoms with van der Waals surface area (Å²) >= 11 is 0. The molecule has 0 aromatic heterocycles. The van der Waals surface area contributed by atoms with Crippen molar-refractivity contribution in [1.82, 2.24) is 0 Å². The van der Waals surface area contributed by atoms with Gasteiger partial charge in [-0.1, -0.05) is 68.4 Å². The highest BCUT2D eigenvalue weighted by Gasteiger charge is 2.27. The summed E-state index contributed by atoms with van der Waals surface area (Å²) in [6.07, 6.45) is 27.3. The van der Waals surface area contributed by atoms with Gasteiger partial charge in [0.05, 0.1) is 0 Å². The summed E-state index contributed by atoms with van der Waals surface area (Å²) in [4.78, 5) is 20.5. The lowest BCUT2D eigenvalue weighted by molar-refractivity contribution is -0.511. The van der Waals surface area contributed by atoms with E-state index in [0.29, 0.717) is 6.42 Å². The molecule has 0 saturated carbocycles. The van der Waals surface area contributed by atoms with Crippen molar-refractivity contribution in [3.05, 3.63) is 58.7 Å². The summed E-state index contributed by atoms with van der Waals surface area (Å²) < 4.78 is 0. The normalized spacial score (nSPS) is 13.4. The molecule has 1 N–H and O–H groups in total. The fourth-order valence-electron chi connectivity index (χ4n) is 2.48. The van der Waals surface area contributed by atoms with Crippen molar-refractivity contribution < 1.29 is 14.8 Å². The minimum absolute atomic E-state index is 0.0936. The summed E-state index contributed by atoms with van der Waals surface area (Å²) in [5, 5.41) is 19.3. The summed E-state index contributed by atoms with van der Waals surface area (Å²) in [5.74, 6) is -1.35. The third-order valence-electron chi connectivity index (χ3n) is 4.10. The Labute approximate surface area is 163 Å². The third-order valence-corrected chi connectivity index (χ3v) is 4.10. The maximum absolute atomic E-state index is 10.7. The van der Waals surface area contributed by atoms with E-state index in [2.05, 4.69) is 49.5 Å². The maximum atomic E-state index is 10.7. The molecule has 0 amide bonds. The largest absolute Gasteiger partial charge is 0.476 e. The molecule has 0 aliphatic rings. The van der Waals surface area contributed by atoms with Gasteiger partial charge in [0.25, 0.3) is 0 Å². The van der Waals surface area contributed by atoms with Gasteiger partial charge in [-0.05, 0) is 51.4 Å². The lowest BCUT2D eigenvalue weighted by Gasteiger charge is -2.03. The van der Waals surface area contributed by atoms with Gasteiger partial charge in [0.15, 0.2) is 0 Å². The van der Waals surface area contributed by atoms with Crippen LogP contribution in [0.1, 0.15) is 77.6 Å². The molecule has 5 nitrogen and oxygen atoms in total. The first-order chi connectivity index (χ1) is 13.1. The van der Waals surface area contributed by atoms with Crippen molar-refractivity contribution >= 4 is 5.97 Å². The zero-order valence-corrected chi connectivity index (χ0v) is 16.6. The van der Waals surface area contributed by atoms with Crippen LogP contribution in [0.2, 0.25) is 0 Å². The second-order valence-electron chi connectivity index (χ2n) is 6.51. The first-order valence-electron chi connectivity index (χ1n) is 10.1. The number of carbonyl (C=O) groups is 1. The predicted octanol–water partition coefficient (Wildman–Crippen LogP) is 6.25. The minimum Gasteiger partial charge on any atom is -0.476 e. The van der Waals surface area contributed by atoms with Gasteiger partial charge in [0.1, 0.15) is 0 Å². The number of carboxylic acids is 1. The van der Waals surface area contributed by atoms with E-state index >= 15 is 0 Å². The van der Waals surface area contributed by atoms with E-state index in [9.17, 15) is 14.9 Å². The molecule has 0 aliphatic carbocycles. The summed E-state index contributed by atoms with van der Waals surface area (Å²) in [7, 11) is 0. The van der Waals surface area contributed by atoms with Crippen LogP contribution in [-0.4, -0.2) is 22.0 Å². The van der Waals surface area contributed by atoms with E-state index in [-0.39, 0.29) is 6.42 Å². The first-order valence-corrected chi connectivity index (χ1v) is 10.1. The molecule has 0 aromatic carbocycles. The van der Waals surface area contributed by atoms with Crippen molar-refractivity contribution in [2.24, 2.45) is 0 Å². The quantitative estimate of drug-likeness (QED) is 0.140. The molecule has 152 valence electrons. The molecular formula is C22H35NO4. The number of aliphatic carboxylic acids is 1. The van der Waals surface area contributed by atoms with Gasteiger partial charge in [-0.15, -0.1) is 0 Å². The van der Waals surface area contributed by atoms with Gasteiger partial charge in [-0.3, -0.25) is 10.1 Å². The van der Waals surface area contributed by atoms with Gasteiger partial charge in [-0.25, -0.2) is 4.79 Å². The monoisotopic (exact) mass is 377 g/mol. The predicted molar refractivity (Wildman–Crippen MR) is 111 cm³/mol. The van der Waals surface area contributed by atoms with E-state index in [1.807, 2.05) is 6.08 Å². The van der Waals surface area contributed by atoms with Crippen LogP contribution in [0.5, 0.6) is 0 Å². The van der Waals surface area contributed by atoms with Crippen LogP contribution in [0.25, 0.3) is 0 Å². The fraction of sp³-hybridized carbons (Fsp3) is 0.591. The van der Waals surface area contributed by atoms with Gasteiger partial charge in [0.2, 0.25) is 0 Å². The smallest absolute Gasteiger partial charge is 0.379 e. The van der Waals surface area contributed by atoms with E-state index < -0.39 is 16.9 Å². The molecule has 27 heavy (non-hydrogen) atoms. The topological polar surface area (TPSA) is 80.4 Å². The summed E-state index contributed by atoms with van der Waals surface area (Å²) in [6.45, 7) is 2.22. The van der Waals surface area contributed by atoms with E-state index in [0.717, 1.165) is 32.1 Å². The fourth-order valence-corrected chi connectivity index (χ4v) is 2.48. The molecule has 0 bridgehead atoms. The van der Waals surface area contributed by atoms with Crippen LogP contribution >= 0.6 is 0 Å².